The number of nitrogens with one attached hydrogen (secondary N) is 2. The van der Waals surface area contributed by atoms with E-state index in [0.717, 1.165) is 23.0 Å². The van der Waals surface area contributed by atoms with Crippen molar-refractivity contribution in [2.75, 3.05) is 11.9 Å². The first-order valence-electron chi connectivity index (χ1n) is 8.77. The van der Waals surface area contributed by atoms with Gasteiger partial charge < -0.3 is 10.6 Å². The van der Waals surface area contributed by atoms with E-state index in [4.69, 9.17) is 0 Å². The van der Waals surface area contributed by atoms with Crippen LogP contribution in [0.1, 0.15) is 36.6 Å². The van der Waals surface area contributed by atoms with Crippen LogP contribution in [0.4, 0.5) is 11.5 Å². The second-order valence-electron chi connectivity index (χ2n) is 6.63. The molecule has 0 fully saturated rings. The number of hydrogen-bond donors (Lipinski definition) is 2. The Bertz CT molecular complexity index is 918. The normalized spacial score (nSPS) is 10.9. The van der Waals surface area contributed by atoms with E-state index >= 15 is 0 Å². The van der Waals surface area contributed by atoms with Crippen LogP contribution in [0.5, 0.6) is 0 Å². The maximum absolute atomic E-state index is 12.4. The van der Waals surface area contributed by atoms with E-state index in [-0.39, 0.29) is 5.91 Å². The SMILES string of the molecule is Cc1nc(Nc2cccc3cccnc23)cc(C(=O)NCCC(C)C)n1. The highest BCUT2D eigenvalue weighted by molar-refractivity contribution is 5.94. The molecule has 2 heterocycles. The molecule has 0 atom stereocenters. The predicted octanol–water partition coefficient (Wildman–Crippen LogP) is 3.85. The summed E-state index contributed by atoms with van der Waals surface area (Å²) in [5.74, 6) is 1.47. The van der Waals surface area contributed by atoms with Gasteiger partial charge in [-0.2, -0.15) is 0 Å². The first-order valence-corrected chi connectivity index (χ1v) is 8.77. The number of fused-ring (bicyclic) bond motifs is 1. The summed E-state index contributed by atoms with van der Waals surface area (Å²) in [6.07, 6.45) is 2.69. The fourth-order valence-electron chi connectivity index (χ4n) is 2.66. The fourth-order valence-corrected chi connectivity index (χ4v) is 2.66. The lowest BCUT2D eigenvalue weighted by Crippen LogP contribution is -2.26. The number of aryl methyl sites for hydroxylation is 1. The second kappa shape index (κ2) is 7.91. The monoisotopic (exact) mass is 349 g/mol. The summed E-state index contributed by atoms with van der Waals surface area (Å²) in [6, 6.07) is 11.5. The molecule has 2 aromatic heterocycles. The quantitative estimate of drug-likeness (QED) is 0.706. The van der Waals surface area contributed by atoms with Gasteiger partial charge in [-0.05, 0) is 31.4 Å². The third-order valence-electron chi connectivity index (χ3n) is 3.97. The maximum atomic E-state index is 12.4. The third kappa shape index (κ3) is 4.33. The zero-order valence-corrected chi connectivity index (χ0v) is 15.3. The molecule has 0 aliphatic carbocycles. The molecule has 0 unspecified atom stereocenters. The average molecular weight is 349 g/mol. The summed E-state index contributed by atoms with van der Waals surface area (Å²) in [7, 11) is 0. The number of rotatable bonds is 6. The van der Waals surface area contributed by atoms with Gasteiger partial charge >= 0.3 is 0 Å². The van der Waals surface area contributed by atoms with Gasteiger partial charge in [0, 0.05) is 24.2 Å². The van der Waals surface area contributed by atoms with Crippen LogP contribution in [-0.4, -0.2) is 27.4 Å². The number of benzene rings is 1. The van der Waals surface area contributed by atoms with Gasteiger partial charge in [0.1, 0.15) is 17.3 Å². The molecule has 0 saturated heterocycles. The summed E-state index contributed by atoms with van der Waals surface area (Å²) >= 11 is 0. The lowest BCUT2D eigenvalue weighted by Gasteiger charge is -2.11. The van der Waals surface area contributed by atoms with Crippen LogP contribution in [0.15, 0.2) is 42.6 Å². The number of nitrogens with zero attached hydrogens (tertiary/aromatic N) is 3. The Morgan fingerprint density at radius 2 is 1.96 bits per heavy atom. The average Bonchev–Trinajstić information content (AvgIpc) is 2.61. The Kier molecular flexibility index (Phi) is 5.41. The van der Waals surface area contributed by atoms with E-state index in [1.54, 1.807) is 19.2 Å². The van der Waals surface area contributed by atoms with Gasteiger partial charge in [0.2, 0.25) is 0 Å². The molecular formula is C20H23N5O. The van der Waals surface area contributed by atoms with Gasteiger partial charge in [0.05, 0.1) is 11.2 Å². The Balaban J connectivity index is 1.82. The van der Waals surface area contributed by atoms with Gasteiger partial charge in [0.25, 0.3) is 5.91 Å². The summed E-state index contributed by atoms with van der Waals surface area (Å²) in [4.78, 5) is 25.4. The van der Waals surface area contributed by atoms with Gasteiger partial charge in [-0.1, -0.05) is 32.0 Å². The molecule has 0 bridgehead atoms. The highest BCUT2D eigenvalue weighted by Gasteiger charge is 2.11. The lowest BCUT2D eigenvalue weighted by molar-refractivity contribution is 0.0946. The number of para-hydroxylation sites is 1. The predicted molar refractivity (Wildman–Crippen MR) is 104 cm³/mol. The van der Waals surface area contributed by atoms with E-state index < -0.39 is 0 Å². The fraction of sp³-hybridized carbons (Fsp3) is 0.300. The first-order chi connectivity index (χ1) is 12.5. The van der Waals surface area contributed by atoms with E-state index in [9.17, 15) is 4.79 Å². The summed E-state index contributed by atoms with van der Waals surface area (Å²) < 4.78 is 0. The number of anilines is 2. The molecule has 0 radical (unpaired) electrons. The highest BCUT2D eigenvalue weighted by atomic mass is 16.1. The molecule has 0 saturated carbocycles. The molecule has 3 rings (SSSR count). The van der Waals surface area contributed by atoms with Crippen LogP contribution in [0.3, 0.4) is 0 Å². The number of carbonyl (C=O) groups is 1. The van der Waals surface area contributed by atoms with E-state index in [2.05, 4.69) is 39.4 Å². The van der Waals surface area contributed by atoms with Crippen molar-refractivity contribution in [1.82, 2.24) is 20.3 Å². The van der Waals surface area contributed by atoms with Crippen LogP contribution in [-0.2, 0) is 0 Å². The highest BCUT2D eigenvalue weighted by Crippen LogP contribution is 2.24. The Morgan fingerprint density at radius 3 is 2.77 bits per heavy atom. The summed E-state index contributed by atoms with van der Waals surface area (Å²) in [6.45, 7) is 6.66. The van der Waals surface area contributed by atoms with Crippen LogP contribution < -0.4 is 10.6 Å². The Hall–Kier alpha value is -3.02. The maximum Gasteiger partial charge on any atom is 0.270 e. The lowest BCUT2D eigenvalue weighted by atomic mass is 10.1. The molecule has 0 spiro atoms. The van der Waals surface area contributed by atoms with Crippen molar-refractivity contribution in [1.29, 1.82) is 0 Å². The molecule has 0 aliphatic rings. The number of aromatic nitrogens is 3. The molecule has 1 aromatic carbocycles. The first kappa shape index (κ1) is 17.8. The molecule has 0 aliphatic heterocycles. The van der Waals surface area contributed by atoms with Crippen molar-refractivity contribution >= 4 is 28.3 Å². The smallest absolute Gasteiger partial charge is 0.270 e. The number of carbonyl (C=O) groups excluding carboxylic acids is 1. The summed E-state index contributed by atoms with van der Waals surface area (Å²) in [5.41, 5.74) is 2.05. The second-order valence-corrected chi connectivity index (χ2v) is 6.63. The van der Waals surface area contributed by atoms with Crippen LogP contribution in [0.25, 0.3) is 10.9 Å². The van der Waals surface area contributed by atoms with Crippen molar-refractivity contribution < 1.29 is 4.79 Å². The number of hydrogen-bond acceptors (Lipinski definition) is 5. The molecular weight excluding hydrogens is 326 g/mol. The van der Waals surface area contributed by atoms with Gasteiger partial charge in [-0.25, -0.2) is 9.97 Å². The van der Waals surface area contributed by atoms with Gasteiger partial charge in [-0.3, -0.25) is 9.78 Å². The van der Waals surface area contributed by atoms with Crippen LogP contribution in [0.2, 0.25) is 0 Å². The van der Waals surface area contributed by atoms with Crippen molar-refractivity contribution in [3.63, 3.8) is 0 Å². The van der Waals surface area contributed by atoms with E-state index in [1.165, 1.54) is 0 Å². The molecule has 6 nitrogen and oxygen atoms in total. The molecule has 26 heavy (non-hydrogen) atoms. The van der Waals surface area contributed by atoms with Crippen LogP contribution in [0, 0.1) is 12.8 Å². The van der Waals surface area contributed by atoms with Crippen molar-refractivity contribution in [3.05, 3.63) is 54.1 Å². The minimum absolute atomic E-state index is 0.185. The Labute approximate surface area is 153 Å². The third-order valence-corrected chi connectivity index (χ3v) is 3.97. The minimum atomic E-state index is -0.185. The van der Waals surface area contributed by atoms with Crippen molar-refractivity contribution in [3.8, 4) is 0 Å². The van der Waals surface area contributed by atoms with E-state index in [0.29, 0.717) is 29.8 Å². The largest absolute Gasteiger partial charge is 0.351 e. The Morgan fingerprint density at radius 1 is 1.15 bits per heavy atom. The zero-order chi connectivity index (χ0) is 18.5. The number of amides is 1. The van der Waals surface area contributed by atoms with Crippen molar-refractivity contribution in [2.45, 2.75) is 27.2 Å². The molecule has 134 valence electrons. The topological polar surface area (TPSA) is 79.8 Å². The molecule has 2 N–H and O–H groups in total. The molecule has 1 amide bonds. The summed E-state index contributed by atoms with van der Waals surface area (Å²) in [5, 5.41) is 7.21. The minimum Gasteiger partial charge on any atom is -0.351 e. The standard InChI is InChI=1S/C20H23N5O/c1-13(2)9-11-22-20(26)17-12-18(24-14(3)23-17)25-16-8-4-6-15-7-5-10-21-19(15)16/h4-8,10,12-13H,9,11H2,1-3H3,(H,22,26)(H,23,24,25). The van der Waals surface area contributed by atoms with Gasteiger partial charge in [-0.15, -0.1) is 0 Å². The van der Waals surface area contributed by atoms with Crippen LogP contribution >= 0.6 is 0 Å². The molecule has 3 aromatic rings. The van der Waals surface area contributed by atoms with Crippen molar-refractivity contribution in [2.24, 2.45) is 5.92 Å². The number of pyridine rings is 1. The zero-order valence-electron chi connectivity index (χ0n) is 15.3. The molecule has 6 heteroatoms. The van der Waals surface area contributed by atoms with Gasteiger partial charge in [0.15, 0.2) is 0 Å². The van der Waals surface area contributed by atoms with E-state index in [1.807, 2.05) is 30.3 Å².